The third kappa shape index (κ3) is 5.84. The molecular formula is C34H42F4N8O3. The van der Waals surface area contributed by atoms with Gasteiger partial charge in [0.2, 0.25) is 11.9 Å². The van der Waals surface area contributed by atoms with Crippen LogP contribution in [-0.4, -0.2) is 83.2 Å². The van der Waals surface area contributed by atoms with Crippen LogP contribution in [0.2, 0.25) is 0 Å². The molecule has 0 aromatic carbocycles. The van der Waals surface area contributed by atoms with E-state index in [0.29, 0.717) is 73.7 Å². The zero-order valence-corrected chi connectivity index (χ0v) is 27.9. The van der Waals surface area contributed by atoms with Crippen molar-refractivity contribution in [1.82, 2.24) is 19.9 Å². The average Bonchev–Trinajstić information content (AvgIpc) is 3.82. The molecule has 15 heteroatoms. The normalized spacial score (nSPS) is 28.0. The number of alkyl halides is 4. The van der Waals surface area contributed by atoms with Gasteiger partial charge in [0.1, 0.15) is 23.0 Å². The van der Waals surface area contributed by atoms with E-state index in [9.17, 15) is 27.2 Å². The maximum atomic E-state index is 14.8. The summed E-state index contributed by atoms with van der Waals surface area (Å²) < 4.78 is 64.4. The molecule has 4 atom stereocenters. The molecule has 0 amide bonds. The molecule has 2 aromatic rings. The fourth-order valence-electron chi connectivity index (χ4n) is 8.26. The molecule has 2 aliphatic carbocycles. The second-order valence-corrected chi connectivity index (χ2v) is 14.9. The molecule has 6 heterocycles. The van der Waals surface area contributed by atoms with E-state index < -0.39 is 23.8 Å². The number of anilines is 4. The van der Waals surface area contributed by atoms with Gasteiger partial charge in [-0.2, -0.15) is 27.5 Å². The van der Waals surface area contributed by atoms with E-state index in [1.54, 1.807) is 0 Å². The first-order valence-electron chi connectivity index (χ1n) is 17.7. The van der Waals surface area contributed by atoms with E-state index in [2.05, 4.69) is 9.97 Å². The summed E-state index contributed by atoms with van der Waals surface area (Å²) in [5.74, 6) is -5.69. The molecule has 0 bridgehead atoms. The smallest absolute Gasteiger partial charge is 0.313 e. The second kappa shape index (κ2) is 11.9. The largest absolute Gasteiger partial charge is 0.393 e. The second-order valence-electron chi connectivity index (χ2n) is 14.9. The van der Waals surface area contributed by atoms with Gasteiger partial charge in [0.05, 0.1) is 12.8 Å². The number of carbonyl (C=O) groups excluding carboxylic acids is 2. The number of hydrogen-bond acceptors (Lipinski definition) is 11. The highest BCUT2D eigenvalue weighted by atomic mass is 19.3. The van der Waals surface area contributed by atoms with Crippen LogP contribution in [0, 0.1) is 11.8 Å². The molecule has 4 saturated heterocycles. The first kappa shape index (κ1) is 32.4. The fourth-order valence-corrected chi connectivity index (χ4v) is 8.26. The third-order valence-corrected chi connectivity index (χ3v) is 11.5. The highest BCUT2D eigenvalue weighted by Crippen LogP contribution is 2.47. The van der Waals surface area contributed by atoms with Gasteiger partial charge in [-0.25, -0.2) is 9.97 Å². The van der Waals surface area contributed by atoms with Gasteiger partial charge in [0.25, 0.3) is 11.8 Å². The Bertz CT molecular complexity index is 1560. The van der Waals surface area contributed by atoms with Gasteiger partial charge in [-0.05, 0) is 64.2 Å². The van der Waals surface area contributed by atoms with Crippen molar-refractivity contribution in [3.63, 3.8) is 0 Å². The zero-order valence-electron chi connectivity index (χ0n) is 27.9. The number of esters is 2. The summed E-state index contributed by atoms with van der Waals surface area (Å²) in [4.78, 5) is 51.7. The number of ether oxygens (including phenoxy) is 1. The van der Waals surface area contributed by atoms with Gasteiger partial charge in [-0.1, -0.05) is 0 Å². The van der Waals surface area contributed by atoms with Crippen LogP contribution in [0.4, 0.5) is 41.1 Å². The maximum absolute atomic E-state index is 14.8. The van der Waals surface area contributed by atoms with Crippen molar-refractivity contribution in [2.45, 2.75) is 102 Å². The molecule has 264 valence electrons. The van der Waals surface area contributed by atoms with Crippen molar-refractivity contribution in [3.8, 4) is 0 Å². The summed E-state index contributed by atoms with van der Waals surface area (Å²) in [6.07, 6.45) is 3.12. The molecule has 0 radical (unpaired) electrons. The standard InChI is InChI=1S/C34H42F4N8O3/c1-19-5-13-45(19)31-39-27-23(3-9-33(27,35)36)29(41-31)43-11-7-21(17-43)15-25(47)49-26(48)16-22-8-12-44(18-22)30-24-4-10-34(37,38)28(24)40-32(42-30)46-14-6-20(46)2/h19-22H,3-18H2,1-2H3/t19-,20-,21-,22+/m0/s1. The molecule has 4 fully saturated rings. The van der Waals surface area contributed by atoms with Crippen LogP contribution in [0.1, 0.15) is 87.7 Å². The van der Waals surface area contributed by atoms with Gasteiger partial charge in [0.15, 0.2) is 0 Å². The molecule has 49 heavy (non-hydrogen) atoms. The van der Waals surface area contributed by atoms with Gasteiger partial charge < -0.3 is 24.3 Å². The minimum atomic E-state index is -2.99. The fraction of sp³-hybridized carbons (Fsp3) is 0.706. The first-order valence-corrected chi connectivity index (χ1v) is 17.7. The summed E-state index contributed by atoms with van der Waals surface area (Å²) in [6.45, 7) is 7.53. The van der Waals surface area contributed by atoms with Gasteiger partial charge >= 0.3 is 11.9 Å². The van der Waals surface area contributed by atoms with Crippen LogP contribution in [0.25, 0.3) is 0 Å². The van der Waals surface area contributed by atoms with E-state index in [-0.39, 0.29) is 73.8 Å². The Kier molecular flexibility index (Phi) is 7.89. The summed E-state index contributed by atoms with van der Waals surface area (Å²) in [7, 11) is 0. The van der Waals surface area contributed by atoms with Crippen LogP contribution in [0.5, 0.6) is 0 Å². The zero-order chi connectivity index (χ0) is 34.2. The molecule has 8 rings (SSSR count). The predicted octanol–water partition coefficient (Wildman–Crippen LogP) is 4.74. The van der Waals surface area contributed by atoms with Crippen molar-refractivity contribution >= 4 is 35.5 Å². The molecule has 0 N–H and O–H groups in total. The highest BCUT2D eigenvalue weighted by molar-refractivity contribution is 5.85. The Morgan fingerprint density at radius 2 is 1.10 bits per heavy atom. The van der Waals surface area contributed by atoms with Crippen LogP contribution in [0.15, 0.2) is 0 Å². The SMILES string of the molecule is C[C@H]1CCN1c1nc(N2CC[C@H](CC(=O)OC(=O)C[C@@H]3CCN(c4nc(N5CC[C@@H]5C)nc5c4CCC5(F)F)C3)C2)c2c(n1)C(F)(F)CC2. The molecule has 0 saturated carbocycles. The Labute approximate surface area is 282 Å². The minimum absolute atomic E-state index is 0.0392. The van der Waals surface area contributed by atoms with E-state index in [0.717, 1.165) is 25.9 Å². The molecular weight excluding hydrogens is 644 g/mol. The van der Waals surface area contributed by atoms with Crippen molar-refractivity contribution in [3.05, 3.63) is 22.5 Å². The summed E-state index contributed by atoms with van der Waals surface area (Å²) in [5.41, 5.74) is 0.605. The lowest BCUT2D eigenvalue weighted by Crippen LogP contribution is -2.47. The predicted molar refractivity (Wildman–Crippen MR) is 172 cm³/mol. The van der Waals surface area contributed by atoms with E-state index >= 15 is 0 Å². The number of fused-ring (bicyclic) bond motifs is 2. The van der Waals surface area contributed by atoms with Crippen LogP contribution < -0.4 is 19.6 Å². The lowest BCUT2D eigenvalue weighted by atomic mass is 10.0. The third-order valence-electron chi connectivity index (χ3n) is 11.5. The Morgan fingerprint density at radius 3 is 1.47 bits per heavy atom. The molecule has 0 unspecified atom stereocenters. The maximum Gasteiger partial charge on any atom is 0.313 e. The topological polar surface area (TPSA) is 108 Å². The van der Waals surface area contributed by atoms with Crippen molar-refractivity contribution in [2.24, 2.45) is 11.8 Å². The minimum Gasteiger partial charge on any atom is -0.393 e. The van der Waals surface area contributed by atoms with E-state index in [4.69, 9.17) is 14.7 Å². The van der Waals surface area contributed by atoms with Crippen LogP contribution in [0.3, 0.4) is 0 Å². The summed E-state index contributed by atoms with van der Waals surface area (Å²) in [6, 6.07) is 0.389. The Morgan fingerprint density at radius 1 is 0.673 bits per heavy atom. The number of hydrogen-bond donors (Lipinski definition) is 0. The van der Waals surface area contributed by atoms with Gasteiger partial charge in [-0.15, -0.1) is 0 Å². The first-order chi connectivity index (χ1) is 23.4. The molecule has 2 aromatic heterocycles. The number of carbonyl (C=O) groups is 2. The number of halogens is 4. The summed E-state index contributed by atoms with van der Waals surface area (Å²) in [5, 5.41) is 0. The van der Waals surface area contributed by atoms with Crippen molar-refractivity contribution < 1.29 is 31.9 Å². The van der Waals surface area contributed by atoms with Crippen LogP contribution >= 0.6 is 0 Å². The lowest BCUT2D eigenvalue weighted by molar-refractivity contribution is -0.160. The molecule has 0 spiro atoms. The number of rotatable bonds is 8. The summed E-state index contributed by atoms with van der Waals surface area (Å²) >= 11 is 0. The Hall–Kier alpha value is -3.78. The number of nitrogens with zero attached hydrogens (tertiary/aromatic N) is 8. The molecule has 11 nitrogen and oxygen atoms in total. The average molecular weight is 687 g/mol. The van der Waals surface area contributed by atoms with Gasteiger partial charge in [-0.3, -0.25) is 9.59 Å². The monoisotopic (exact) mass is 686 g/mol. The molecule has 4 aliphatic heterocycles. The van der Waals surface area contributed by atoms with Crippen molar-refractivity contribution in [1.29, 1.82) is 0 Å². The lowest BCUT2D eigenvalue weighted by Gasteiger charge is -2.39. The van der Waals surface area contributed by atoms with Crippen LogP contribution in [-0.2, 0) is 39.0 Å². The Balaban J connectivity index is 0.872. The van der Waals surface area contributed by atoms with E-state index in [1.807, 2.05) is 33.4 Å². The number of aromatic nitrogens is 4. The highest BCUT2D eigenvalue weighted by Gasteiger charge is 2.47. The molecule has 6 aliphatic rings. The van der Waals surface area contributed by atoms with E-state index in [1.165, 1.54) is 0 Å². The van der Waals surface area contributed by atoms with Gasteiger partial charge in [0, 0.05) is 75.3 Å². The van der Waals surface area contributed by atoms with Crippen molar-refractivity contribution in [2.75, 3.05) is 58.9 Å². The quantitative estimate of drug-likeness (QED) is 0.218.